The first kappa shape index (κ1) is 20.3. The summed E-state index contributed by atoms with van der Waals surface area (Å²) >= 11 is 1.42. The number of ether oxygens (including phenoxy) is 2. The molecule has 0 saturated heterocycles. The van der Waals surface area contributed by atoms with Gasteiger partial charge in [-0.2, -0.15) is 0 Å². The summed E-state index contributed by atoms with van der Waals surface area (Å²) in [6, 6.07) is 6.68. The maximum absolute atomic E-state index is 12.4. The summed E-state index contributed by atoms with van der Waals surface area (Å²) in [6.07, 6.45) is 1.34. The molecular formula is C19H20N4O5S. The first-order chi connectivity index (χ1) is 13.9. The van der Waals surface area contributed by atoms with E-state index in [1.807, 2.05) is 6.92 Å². The molecule has 0 aliphatic carbocycles. The van der Waals surface area contributed by atoms with E-state index in [1.54, 1.807) is 24.3 Å². The minimum absolute atomic E-state index is 0.222. The van der Waals surface area contributed by atoms with Crippen molar-refractivity contribution in [1.29, 1.82) is 0 Å². The van der Waals surface area contributed by atoms with Gasteiger partial charge in [-0.25, -0.2) is 4.98 Å². The third kappa shape index (κ3) is 4.72. The molecule has 9 nitrogen and oxygen atoms in total. The van der Waals surface area contributed by atoms with Crippen LogP contribution in [0.2, 0.25) is 0 Å². The minimum atomic E-state index is -0.470. The lowest BCUT2D eigenvalue weighted by Crippen LogP contribution is -2.37. The number of benzene rings is 1. The van der Waals surface area contributed by atoms with Crippen LogP contribution in [0.25, 0.3) is 10.2 Å². The highest BCUT2D eigenvalue weighted by Gasteiger charge is 2.12. The number of aromatic nitrogens is 2. The number of nitrogens with zero attached hydrogens (tertiary/aromatic N) is 2. The van der Waals surface area contributed by atoms with Gasteiger partial charge in [-0.15, -0.1) is 11.3 Å². The van der Waals surface area contributed by atoms with Gasteiger partial charge in [0.05, 0.1) is 32.5 Å². The molecule has 0 unspecified atom stereocenters. The summed E-state index contributed by atoms with van der Waals surface area (Å²) in [5.41, 5.74) is 0.213. The molecule has 3 aromatic rings. The molecule has 0 radical (unpaired) electrons. The number of thiophene rings is 1. The summed E-state index contributed by atoms with van der Waals surface area (Å²) in [5, 5.41) is 5.63. The number of aryl methyl sites for hydroxylation is 1. The summed E-state index contributed by atoms with van der Waals surface area (Å²) < 4.78 is 11.5. The van der Waals surface area contributed by atoms with Crippen molar-refractivity contribution in [3.63, 3.8) is 0 Å². The van der Waals surface area contributed by atoms with E-state index in [0.29, 0.717) is 27.4 Å². The number of fused-ring (bicyclic) bond motifs is 1. The Morgan fingerprint density at radius 1 is 1.14 bits per heavy atom. The maximum atomic E-state index is 12.4. The van der Waals surface area contributed by atoms with Crippen LogP contribution in [0, 0.1) is 6.92 Å². The molecule has 152 valence electrons. The highest BCUT2D eigenvalue weighted by atomic mass is 32.1. The zero-order valence-corrected chi connectivity index (χ0v) is 17.0. The quantitative estimate of drug-likeness (QED) is 0.604. The Morgan fingerprint density at radius 3 is 2.62 bits per heavy atom. The number of carbonyl (C=O) groups excluding carboxylic acids is 2. The monoisotopic (exact) mass is 416 g/mol. The van der Waals surface area contributed by atoms with Crippen molar-refractivity contribution in [2.45, 2.75) is 13.5 Å². The van der Waals surface area contributed by atoms with Crippen molar-refractivity contribution in [2.24, 2.45) is 0 Å². The van der Waals surface area contributed by atoms with Crippen LogP contribution in [0.4, 0.5) is 5.69 Å². The van der Waals surface area contributed by atoms with Gasteiger partial charge in [-0.05, 0) is 25.1 Å². The van der Waals surface area contributed by atoms with Crippen molar-refractivity contribution in [3.05, 3.63) is 45.8 Å². The van der Waals surface area contributed by atoms with Crippen LogP contribution >= 0.6 is 11.3 Å². The fourth-order valence-corrected chi connectivity index (χ4v) is 3.54. The van der Waals surface area contributed by atoms with E-state index in [9.17, 15) is 14.4 Å². The molecule has 0 bridgehead atoms. The third-order valence-electron chi connectivity index (χ3n) is 4.07. The second-order valence-electron chi connectivity index (χ2n) is 6.15. The van der Waals surface area contributed by atoms with Crippen LogP contribution in [-0.2, 0) is 16.1 Å². The average Bonchev–Trinajstić information content (AvgIpc) is 3.09. The van der Waals surface area contributed by atoms with E-state index in [0.717, 1.165) is 4.88 Å². The van der Waals surface area contributed by atoms with Crippen LogP contribution in [0.3, 0.4) is 0 Å². The SMILES string of the molecule is COc1ccc(NC(=O)CNC(=O)Cn2cnc3sc(C)cc3c2=O)cc1OC. The normalized spacial score (nSPS) is 10.6. The number of rotatable bonds is 7. The van der Waals surface area contributed by atoms with Gasteiger partial charge in [0.2, 0.25) is 11.8 Å². The molecule has 0 atom stereocenters. The number of nitrogens with one attached hydrogen (secondary N) is 2. The summed E-state index contributed by atoms with van der Waals surface area (Å²) in [6.45, 7) is 1.43. The molecule has 2 amide bonds. The van der Waals surface area contributed by atoms with Crippen molar-refractivity contribution >= 4 is 39.1 Å². The summed E-state index contributed by atoms with van der Waals surface area (Å²) in [5.74, 6) is 0.124. The Labute approximate surface area is 170 Å². The molecule has 1 aromatic carbocycles. The van der Waals surface area contributed by atoms with Crippen molar-refractivity contribution in [1.82, 2.24) is 14.9 Å². The molecule has 2 N–H and O–H groups in total. The first-order valence-corrected chi connectivity index (χ1v) is 9.47. The van der Waals surface area contributed by atoms with Gasteiger partial charge < -0.3 is 20.1 Å². The largest absolute Gasteiger partial charge is 0.493 e. The number of methoxy groups -OCH3 is 2. The second kappa shape index (κ2) is 8.74. The molecule has 0 aliphatic heterocycles. The zero-order chi connectivity index (χ0) is 21.0. The predicted octanol–water partition coefficient (Wildman–Crippen LogP) is 1.54. The lowest BCUT2D eigenvalue weighted by atomic mass is 10.2. The molecule has 2 heterocycles. The van der Waals surface area contributed by atoms with Gasteiger partial charge in [0.15, 0.2) is 11.5 Å². The molecule has 0 saturated carbocycles. The van der Waals surface area contributed by atoms with Crippen molar-refractivity contribution < 1.29 is 19.1 Å². The molecule has 0 fully saturated rings. The van der Waals surface area contributed by atoms with Crippen LogP contribution in [0.1, 0.15) is 4.88 Å². The van der Waals surface area contributed by atoms with Gasteiger partial charge in [0.1, 0.15) is 11.4 Å². The van der Waals surface area contributed by atoms with Crippen LogP contribution < -0.4 is 25.7 Å². The number of anilines is 1. The fraction of sp³-hybridized carbons (Fsp3) is 0.263. The molecule has 10 heteroatoms. The standard InChI is InChI=1S/C19H20N4O5S/c1-11-6-13-18(29-11)21-10-23(19(13)26)9-17(25)20-8-16(24)22-12-4-5-14(27-2)15(7-12)28-3/h4-7,10H,8-9H2,1-3H3,(H,20,25)(H,22,24). The lowest BCUT2D eigenvalue weighted by Gasteiger charge is -2.11. The molecule has 3 rings (SSSR count). The molecule has 29 heavy (non-hydrogen) atoms. The highest BCUT2D eigenvalue weighted by molar-refractivity contribution is 7.18. The Hall–Kier alpha value is -3.40. The lowest BCUT2D eigenvalue weighted by molar-refractivity contribution is -0.124. The van der Waals surface area contributed by atoms with E-state index in [2.05, 4.69) is 15.6 Å². The molecule has 2 aromatic heterocycles. The first-order valence-electron chi connectivity index (χ1n) is 8.65. The highest BCUT2D eigenvalue weighted by Crippen LogP contribution is 2.29. The number of hydrogen-bond donors (Lipinski definition) is 2. The van der Waals surface area contributed by atoms with Crippen LogP contribution in [0.5, 0.6) is 11.5 Å². The predicted molar refractivity (Wildman–Crippen MR) is 110 cm³/mol. The zero-order valence-electron chi connectivity index (χ0n) is 16.1. The Kier molecular flexibility index (Phi) is 6.13. The van der Waals surface area contributed by atoms with Gasteiger partial charge in [-0.3, -0.25) is 19.0 Å². The van der Waals surface area contributed by atoms with Crippen LogP contribution in [-0.4, -0.2) is 42.1 Å². The van der Waals surface area contributed by atoms with Crippen molar-refractivity contribution in [2.75, 3.05) is 26.1 Å². The minimum Gasteiger partial charge on any atom is -0.493 e. The van der Waals surface area contributed by atoms with E-state index < -0.39 is 11.8 Å². The number of carbonyl (C=O) groups is 2. The third-order valence-corrected chi connectivity index (χ3v) is 5.03. The smallest absolute Gasteiger partial charge is 0.262 e. The van der Waals surface area contributed by atoms with Gasteiger partial charge >= 0.3 is 0 Å². The van der Waals surface area contributed by atoms with Gasteiger partial charge in [-0.1, -0.05) is 0 Å². The molecule has 0 aliphatic rings. The Morgan fingerprint density at radius 2 is 1.90 bits per heavy atom. The topological polar surface area (TPSA) is 112 Å². The van der Waals surface area contributed by atoms with Gasteiger partial charge in [0, 0.05) is 16.6 Å². The summed E-state index contributed by atoms with van der Waals surface area (Å²) in [4.78, 5) is 42.4. The van der Waals surface area contributed by atoms with E-state index in [-0.39, 0.29) is 18.6 Å². The van der Waals surface area contributed by atoms with Gasteiger partial charge in [0.25, 0.3) is 5.56 Å². The maximum Gasteiger partial charge on any atom is 0.262 e. The molecular weight excluding hydrogens is 396 g/mol. The van der Waals surface area contributed by atoms with E-state index in [1.165, 1.54) is 36.5 Å². The number of amides is 2. The van der Waals surface area contributed by atoms with Crippen molar-refractivity contribution in [3.8, 4) is 11.5 Å². The van der Waals surface area contributed by atoms with E-state index >= 15 is 0 Å². The second-order valence-corrected chi connectivity index (χ2v) is 7.38. The summed E-state index contributed by atoms with van der Waals surface area (Å²) in [7, 11) is 3.01. The average molecular weight is 416 g/mol. The number of hydrogen-bond acceptors (Lipinski definition) is 7. The van der Waals surface area contributed by atoms with Crippen LogP contribution in [0.15, 0.2) is 35.4 Å². The fourth-order valence-electron chi connectivity index (χ4n) is 2.70. The van der Waals surface area contributed by atoms with E-state index in [4.69, 9.17) is 9.47 Å². The Balaban J connectivity index is 1.57. The molecule has 0 spiro atoms. The Bertz CT molecular complexity index is 1120.